The van der Waals surface area contributed by atoms with Gasteiger partial charge in [0.15, 0.2) is 6.61 Å². The van der Waals surface area contributed by atoms with Crippen molar-refractivity contribution in [2.24, 2.45) is 0 Å². The predicted molar refractivity (Wildman–Crippen MR) is 125 cm³/mol. The van der Waals surface area contributed by atoms with E-state index in [9.17, 15) is 13.2 Å². The molecule has 0 bridgehead atoms. The molecule has 10 heteroatoms. The molecule has 8 nitrogen and oxygen atoms in total. The van der Waals surface area contributed by atoms with Crippen LogP contribution in [-0.4, -0.2) is 35.9 Å². The van der Waals surface area contributed by atoms with E-state index >= 15 is 0 Å². The lowest BCUT2D eigenvalue weighted by Gasteiger charge is -2.18. The first-order chi connectivity index (χ1) is 16.3. The average molecular weight is 498 g/mol. The van der Waals surface area contributed by atoms with Crippen molar-refractivity contribution in [3.8, 4) is 11.5 Å². The summed E-state index contributed by atoms with van der Waals surface area (Å²) in [5, 5.41) is 7.87. The highest BCUT2D eigenvalue weighted by atomic mass is 35.5. The molecule has 1 aromatic heterocycles. The Morgan fingerprint density at radius 3 is 2.38 bits per heavy atom. The van der Waals surface area contributed by atoms with Crippen molar-refractivity contribution < 1.29 is 22.4 Å². The van der Waals surface area contributed by atoms with Crippen LogP contribution in [0.3, 0.4) is 0 Å². The first-order valence-electron chi connectivity index (χ1n) is 10.2. The molecule has 0 aliphatic rings. The molecular weight excluding hydrogens is 478 g/mol. The number of halogens is 1. The van der Waals surface area contributed by atoms with Gasteiger partial charge in [-0.25, -0.2) is 13.2 Å². The molecule has 0 saturated carbocycles. The van der Waals surface area contributed by atoms with Crippen LogP contribution in [0.25, 0.3) is 11.5 Å². The minimum Gasteiger partial charge on any atom is -0.452 e. The van der Waals surface area contributed by atoms with Gasteiger partial charge in [-0.2, -0.15) is 4.31 Å². The third kappa shape index (κ3) is 5.33. The zero-order valence-electron chi connectivity index (χ0n) is 18.1. The number of esters is 1. The average Bonchev–Trinajstić information content (AvgIpc) is 3.33. The highest BCUT2D eigenvalue weighted by Gasteiger charge is 2.24. The molecule has 1 heterocycles. The van der Waals surface area contributed by atoms with Gasteiger partial charge in [0.1, 0.15) is 0 Å². The van der Waals surface area contributed by atoms with Crippen LogP contribution in [0.15, 0.2) is 88.2 Å². The lowest BCUT2D eigenvalue weighted by molar-refractivity contribution is 0.0438. The van der Waals surface area contributed by atoms with E-state index in [1.807, 2.05) is 60.7 Å². The molecule has 0 fully saturated rings. The molecule has 3 aromatic carbocycles. The lowest BCUT2D eigenvalue weighted by atomic mass is 10.2. The molecule has 34 heavy (non-hydrogen) atoms. The number of rotatable bonds is 8. The Labute approximate surface area is 201 Å². The molecule has 174 valence electrons. The Kier molecular flexibility index (Phi) is 7.06. The first kappa shape index (κ1) is 23.6. The number of aromatic nitrogens is 2. The van der Waals surface area contributed by atoms with Crippen molar-refractivity contribution in [2.45, 2.75) is 18.0 Å². The highest BCUT2D eigenvalue weighted by molar-refractivity contribution is 7.89. The maximum atomic E-state index is 13.0. The first-order valence-corrected chi connectivity index (χ1v) is 12.0. The Balaban J connectivity index is 1.47. The van der Waals surface area contributed by atoms with E-state index in [0.29, 0.717) is 5.89 Å². The Hall–Kier alpha value is -3.53. The topological polar surface area (TPSA) is 103 Å². The second kappa shape index (κ2) is 10.2. The van der Waals surface area contributed by atoms with Gasteiger partial charge in [-0.15, -0.1) is 10.2 Å². The monoisotopic (exact) mass is 497 g/mol. The number of ether oxygens (including phenoxy) is 1. The molecule has 0 aliphatic carbocycles. The summed E-state index contributed by atoms with van der Waals surface area (Å²) in [6, 6.07) is 22.2. The molecule has 0 saturated heterocycles. The SMILES string of the molecule is CN(Cc1ccccc1)S(=O)(=O)c1ccc(Cl)c(C(=O)OCc2nnc(-c3ccccc3)o2)c1. The number of hydrogen-bond acceptors (Lipinski definition) is 7. The predicted octanol–water partition coefficient (Wildman–Crippen LogP) is 4.57. The second-order valence-electron chi connectivity index (χ2n) is 7.33. The minimum absolute atomic E-state index is 0.0603. The zero-order chi connectivity index (χ0) is 24.1. The fourth-order valence-corrected chi connectivity index (χ4v) is 4.52. The molecule has 4 aromatic rings. The summed E-state index contributed by atoms with van der Waals surface area (Å²) < 4.78 is 38.0. The van der Waals surface area contributed by atoms with Crippen LogP contribution in [0.4, 0.5) is 0 Å². The van der Waals surface area contributed by atoms with Crippen molar-refractivity contribution in [1.82, 2.24) is 14.5 Å². The summed E-state index contributed by atoms with van der Waals surface area (Å²) in [6.45, 7) is -0.119. The summed E-state index contributed by atoms with van der Waals surface area (Å²) >= 11 is 6.16. The van der Waals surface area contributed by atoms with E-state index < -0.39 is 16.0 Å². The van der Waals surface area contributed by atoms with Gasteiger partial charge in [-0.05, 0) is 35.9 Å². The number of benzene rings is 3. The van der Waals surface area contributed by atoms with Crippen LogP contribution in [0.5, 0.6) is 0 Å². The van der Waals surface area contributed by atoms with E-state index in [2.05, 4.69) is 10.2 Å². The summed E-state index contributed by atoms with van der Waals surface area (Å²) in [7, 11) is -2.41. The van der Waals surface area contributed by atoms with Gasteiger partial charge < -0.3 is 9.15 Å². The van der Waals surface area contributed by atoms with Gasteiger partial charge >= 0.3 is 5.97 Å². The van der Waals surface area contributed by atoms with Crippen molar-refractivity contribution >= 4 is 27.6 Å². The van der Waals surface area contributed by atoms with Crippen LogP contribution in [-0.2, 0) is 27.9 Å². The summed E-state index contributed by atoms with van der Waals surface area (Å²) in [5.41, 5.74) is 1.48. The quantitative estimate of drug-likeness (QED) is 0.328. The van der Waals surface area contributed by atoms with Crippen LogP contribution >= 0.6 is 11.6 Å². The summed E-state index contributed by atoms with van der Waals surface area (Å²) in [4.78, 5) is 12.6. The number of carbonyl (C=O) groups excluding carboxylic acids is 1. The van der Waals surface area contributed by atoms with Crippen molar-refractivity contribution in [3.63, 3.8) is 0 Å². The molecule has 0 atom stereocenters. The second-order valence-corrected chi connectivity index (χ2v) is 9.78. The third-order valence-corrected chi connectivity index (χ3v) is 7.06. The van der Waals surface area contributed by atoms with Crippen LogP contribution in [0.2, 0.25) is 5.02 Å². The Bertz CT molecular complexity index is 1390. The molecule has 0 aliphatic heterocycles. The smallest absolute Gasteiger partial charge is 0.340 e. The number of carbonyl (C=O) groups is 1. The fraction of sp³-hybridized carbons (Fsp3) is 0.125. The van der Waals surface area contributed by atoms with Gasteiger partial charge in [0, 0.05) is 19.2 Å². The van der Waals surface area contributed by atoms with E-state index in [-0.39, 0.29) is 34.5 Å². The van der Waals surface area contributed by atoms with E-state index in [1.54, 1.807) is 0 Å². The maximum Gasteiger partial charge on any atom is 0.340 e. The van der Waals surface area contributed by atoms with E-state index in [4.69, 9.17) is 20.8 Å². The molecule has 0 spiro atoms. The molecule has 0 unspecified atom stereocenters. The number of sulfonamides is 1. The standard InChI is InChI=1S/C24H20ClN3O5S/c1-28(15-17-8-4-2-5-9-17)34(30,31)19-12-13-21(25)20(14-19)24(29)32-16-22-26-27-23(33-22)18-10-6-3-7-11-18/h2-14H,15-16H2,1H3. The van der Waals surface area contributed by atoms with E-state index in [0.717, 1.165) is 11.1 Å². The Morgan fingerprint density at radius 2 is 1.68 bits per heavy atom. The van der Waals surface area contributed by atoms with E-state index in [1.165, 1.54) is 29.6 Å². The zero-order valence-corrected chi connectivity index (χ0v) is 19.7. The van der Waals surface area contributed by atoms with Gasteiger partial charge in [0.05, 0.1) is 15.5 Å². The maximum absolute atomic E-state index is 13.0. The lowest BCUT2D eigenvalue weighted by Crippen LogP contribution is -2.26. The normalized spacial score (nSPS) is 11.5. The highest BCUT2D eigenvalue weighted by Crippen LogP contribution is 2.25. The van der Waals surface area contributed by atoms with Crippen molar-refractivity contribution in [1.29, 1.82) is 0 Å². The van der Waals surface area contributed by atoms with Crippen LogP contribution < -0.4 is 0 Å². The molecule has 0 amide bonds. The van der Waals surface area contributed by atoms with Gasteiger partial charge in [0.25, 0.3) is 5.89 Å². The molecule has 0 radical (unpaired) electrons. The fourth-order valence-electron chi connectivity index (χ4n) is 3.14. The largest absolute Gasteiger partial charge is 0.452 e. The molecule has 4 rings (SSSR count). The minimum atomic E-state index is -3.88. The number of nitrogens with zero attached hydrogens (tertiary/aromatic N) is 3. The molecular formula is C24H20ClN3O5S. The summed E-state index contributed by atoms with van der Waals surface area (Å²) in [6.07, 6.45) is 0. The van der Waals surface area contributed by atoms with Gasteiger partial charge in [-0.3, -0.25) is 0 Å². The molecule has 0 N–H and O–H groups in total. The van der Waals surface area contributed by atoms with Crippen LogP contribution in [0.1, 0.15) is 21.8 Å². The van der Waals surface area contributed by atoms with Crippen molar-refractivity contribution in [2.75, 3.05) is 7.05 Å². The third-order valence-electron chi connectivity index (χ3n) is 4.93. The van der Waals surface area contributed by atoms with Crippen molar-refractivity contribution in [3.05, 3.63) is 101 Å². The Morgan fingerprint density at radius 1 is 1.00 bits per heavy atom. The number of hydrogen-bond donors (Lipinski definition) is 0. The summed E-state index contributed by atoms with van der Waals surface area (Å²) in [5.74, 6) is -0.429. The van der Waals surface area contributed by atoms with Gasteiger partial charge in [0.2, 0.25) is 15.9 Å². The van der Waals surface area contributed by atoms with Gasteiger partial charge in [-0.1, -0.05) is 60.1 Å². The van der Waals surface area contributed by atoms with Crippen LogP contribution in [0, 0.1) is 0 Å².